The Morgan fingerprint density at radius 2 is 1.71 bits per heavy atom. The summed E-state index contributed by atoms with van der Waals surface area (Å²) in [4.78, 5) is 13.2. The number of nitrogens with one attached hydrogen (secondary N) is 1. The van der Waals surface area contributed by atoms with Crippen LogP contribution in [0.1, 0.15) is 25.0 Å². The van der Waals surface area contributed by atoms with E-state index in [-0.39, 0.29) is 5.69 Å². The standard InChI is InChI=1S/C26H19F4N3O/c1-25(2,24(34)32-19-9-8-18(15-31)21(13-19)26(28,29)30)33-11-10-17-12-22(27)20(14-23(17)33)16-6-4-3-5-7-16/h3-14H,1-2H3,(H,32,34). The molecule has 1 aromatic heterocycles. The fourth-order valence-electron chi connectivity index (χ4n) is 3.83. The summed E-state index contributed by atoms with van der Waals surface area (Å²) in [5.74, 6) is -0.982. The summed E-state index contributed by atoms with van der Waals surface area (Å²) in [5.41, 5.74) is -1.34. The van der Waals surface area contributed by atoms with Gasteiger partial charge in [0.2, 0.25) is 5.91 Å². The Bertz CT molecular complexity index is 1430. The minimum atomic E-state index is -4.74. The van der Waals surface area contributed by atoms with Crippen LogP contribution in [0.2, 0.25) is 0 Å². The minimum absolute atomic E-state index is 0.0862. The van der Waals surface area contributed by atoms with Crippen LogP contribution in [0.25, 0.3) is 22.0 Å². The van der Waals surface area contributed by atoms with Gasteiger partial charge in [-0.3, -0.25) is 4.79 Å². The van der Waals surface area contributed by atoms with Crippen LogP contribution in [-0.4, -0.2) is 10.5 Å². The molecule has 0 aliphatic rings. The van der Waals surface area contributed by atoms with E-state index < -0.39 is 34.6 Å². The van der Waals surface area contributed by atoms with Crippen molar-refractivity contribution in [2.75, 3.05) is 5.32 Å². The number of carbonyl (C=O) groups excluding carboxylic acids is 1. The van der Waals surface area contributed by atoms with Crippen LogP contribution < -0.4 is 5.32 Å². The third-order valence-corrected chi connectivity index (χ3v) is 5.73. The van der Waals surface area contributed by atoms with Crippen molar-refractivity contribution in [2.45, 2.75) is 25.6 Å². The molecule has 0 atom stereocenters. The predicted octanol–water partition coefficient (Wildman–Crippen LogP) is 6.71. The van der Waals surface area contributed by atoms with Gasteiger partial charge in [-0.2, -0.15) is 18.4 Å². The molecule has 0 saturated carbocycles. The summed E-state index contributed by atoms with van der Waals surface area (Å²) in [7, 11) is 0. The number of benzene rings is 3. The monoisotopic (exact) mass is 465 g/mol. The van der Waals surface area contributed by atoms with Crippen molar-refractivity contribution in [2.24, 2.45) is 0 Å². The molecule has 0 bridgehead atoms. The van der Waals surface area contributed by atoms with E-state index in [1.54, 1.807) is 61.0 Å². The largest absolute Gasteiger partial charge is 0.417 e. The van der Waals surface area contributed by atoms with E-state index in [1.807, 2.05) is 6.07 Å². The minimum Gasteiger partial charge on any atom is -0.333 e. The first-order valence-corrected chi connectivity index (χ1v) is 10.3. The highest BCUT2D eigenvalue weighted by molar-refractivity contribution is 5.98. The highest BCUT2D eigenvalue weighted by atomic mass is 19.4. The zero-order chi connectivity index (χ0) is 24.7. The highest BCUT2D eigenvalue weighted by Crippen LogP contribution is 2.35. The second-order valence-corrected chi connectivity index (χ2v) is 8.33. The van der Waals surface area contributed by atoms with Gasteiger partial charge < -0.3 is 9.88 Å². The van der Waals surface area contributed by atoms with Gasteiger partial charge >= 0.3 is 6.18 Å². The fourth-order valence-corrected chi connectivity index (χ4v) is 3.83. The van der Waals surface area contributed by atoms with Crippen molar-refractivity contribution < 1.29 is 22.4 Å². The maximum absolute atomic E-state index is 14.7. The van der Waals surface area contributed by atoms with E-state index in [0.717, 1.165) is 12.1 Å². The zero-order valence-corrected chi connectivity index (χ0v) is 18.2. The van der Waals surface area contributed by atoms with Gasteiger partial charge in [-0.1, -0.05) is 30.3 Å². The van der Waals surface area contributed by atoms with E-state index >= 15 is 0 Å². The summed E-state index contributed by atoms with van der Waals surface area (Å²) in [6.07, 6.45) is -3.10. The predicted molar refractivity (Wildman–Crippen MR) is 121 cm³/mol. The van der Waals surface area contributed by atoms with Crippen molar-refractivity contribution in [1.29, 1.82) is 5.26 Å². The van der Waals surface area contributed by atoms with Crippen molar-refractivity contribution in [3.05, 3.63) is 89.9 Å². The normalized spacial score (nSPS) is 11.9. The van der Waals surface area contributed by atoms with E-state index in [2.05, 4.69) is 5.32 Å². The number of alkyl halides is 3. The lowest BCUT2D eigenvalue weighted by Crippen LogP contribution is -2.39. The van der Waals surface area contributed by atoms with Crippen molar-refractivity contribution >= 4 is 22.5 Å². The van der Waals surface area contributed by atoms with Gasteiger partial charge in [0.1, 0.15) is 11.4 Å². The first-order chi connectivity index (χ1) is 16.0. The Labute approximate surface area is 193 Å². The Morgan fingerprint density at radius 3 is 2.35 bits per heavy atom. The Morgan fingerprint density at radius 1 is 1.00 bits per heavy atom. The molecule has 0 radical (unpaired) electrons. The molecular formula is C26H19F4N3O. The second-order valence-electron chi connectivity index (χ2n) is 8.33. The fraction of sp³-hybridized carbons (Fsp3) is 0.154. The van der Waals surface area contributed by atoms with Gasteiger partial charge in [-0.25, -0.2) is 4.39 Å². The number of halogens is 4. The Hall–Kier alpha value is -4.12. The van der Waals surface area contributed by atoms with Gasteiger partial charge in [0.05, 0.1) is 17.2 Å². The van der Waals surface area contributed by atoms with Crippen LogP contribution >= 0.6 is 0 Å². The van der Waals surface area contributed by atoms with Crippen molar-refractivity contribution in [3.8, 4) is 17.2 Å². The summed E-state index contributed by atoms with van der Waals surface area (Å²) >= 11 is 0. The van der Waals surface area contributed by atoms with Crippen LogP contribution in [-0.2, 0) is 16.5 Å². The van der Waals surface area contributed by atoms with Gasteiger partial charge in [0.15, 0.2) is 0 Å². The summed E-state index contributed by atoms with van der Waals surface area (Å²) in [5, 5.41) is 12.1. The maximum Gasteiger partial charge on any atom is 0.417 e. The van der Waals surface area contributed by atoms with Crippen molar-refractivity contribution in [3.63, 3.8) is 0 Å². The van der Waals surface area contributed by atoms with E-state index in [0.29, 0.717) is 22.0 Å². The number of aromatic nitrogens is 1. The second kappa shape index (κ2) is 8.34. The number of anilines is 1. The lowest BCUT2D eigenvalue weighted by molar-refractivity contribution is -0.137. The molecule has 0 saturated heterocycles. The van der Waals surface area contributed by atoms with Crippen LogP contribution in [0, 0.1) is 17.1 Å². The van der Waals surface area contributed by atoms with Gasteiger partial charge in [0, 0.05) is 28.4 Å². The molecule has 0 aliphatic carbocycles. The lowest BCUT2D eigenvalue weighted by Gasteiger charge is -2.27. The number of amides is 1. The molecule has 0 aliphatic heterocycles. The molecule has 1 heterocycles. The topological polar surface area (TPSA) is 57.8 Å². The Kier molecular flexibility index (Phi) is 5.65. The molecule has 172 valence electrons. The number of fused-ring (bicyclic) bond motifs is 1. The van der Waals surface area contributed by atoms with E-state index in [4.69, 9.17) is 5.26 Å². The average Bonchev–Trinajstić information content (AvgIpc) is 3.21. The molecule has 4 nitrogen and oxygen atoms in total. The van der Waals surface area contributed by atoms with Crippen molar-refractivity contribution in [1.82, 2.24) is 4.57 Å². The zero-order valence-electron chi connectivity index (χ0n) is 18.2. The van der Waals surface area contributed by atoms with Gasteiger partial charge in [-0.05, 0) is 55.8 Å². The molecule has 34 heavy (non-hydrogen) atoms. The first kappa shape index (κ1) is 23.1. The average molecular weight is 465 g/mol. The molecule has 1 amide bonds. The highest BCUT2D eigenvalue weighted by Gasteiger charge is 2.35. The first-order valence-electron chi connectivity index (χ1n) is 10.3. The molecule has 4 aromatic rings. The van der Waals surface area contributed by atoms with Crippen LogP contribution in [0.5, 0.6) is 0 Å². The Balaban J connectivity index is 1.72. The number of nitrogens with zero attached hydrogens (tertiary/aromatic N) is 2. The quantitative estimate of drug-likeness (QED) is 0.341. The third kappa shape index (κ3) is 4.13. The maximum atomic E-state index is 14.7. The molecule has 0 spiro atoms. The molecule has 0 fully saturated rings. The summed E-state index contributed by atoms with van der Waals surface area (Å²) in [6, 6.07) is 18.2. The smallest absolute Gasteiger partial charge is 0.333 e. The molecule has 8 heteroatoms. The van der Waals surface area contributed by atoms with E-state index in [9.17, 15) is 22.4 Å². The number of hydrogen-bond donors (Lipinski definition) is 1. The van der Waals surface area contributed by atoms with Crippen LogP contribution in [0.4, 0.5) is 23.2 Å². The van der Waals surface area contributed by atoms with Gasteiger partial charge in [-0.15, -0.1) is 0 Å². The van der Waals surface area contributed by atoms with Crippen LogP contribution in [0.15, 0.2) is 72.9 Å². The number of hydrogen-bond acceptors (Lipinski definition) is 2. The van der Waals surface area contributed by atoms with Gasteiger partial charge in [0.25, 0.3) is 0 Å². The molecule has 3 aromatic carbocycles. The third-order valence-electron chi connectivity index (χ3n) is 5.73. The molecule has 4 rings (SSSR count). The number of nitriles is 1. The summed E-state index contributed by atoms with van der Waals surface area (Å²) < 4.78 is 56.3. The molecule has 1 N–H and O–H groups in total. The van der Waals surface area contributed by atoms with Crippen LogP contribution in [0.3, 0.4) is 0 Å². The number of rotatable bonds is 4. The summed E-state index contributed by atoms with van der Waals surface area (Å²) in [6.45, 7) is 3.23. The lowest BCUT2D eigenvalue weighted by atomic mass is 10.0. The molecule has 0 unspecified atom stereocenters. The SMILES string of the molecule is CC(C)(C(=O)Nc1ccc(C#N)c(C(F)(F)F)c1)n1ccc2cc(F)c(-c3ccccc3)cc21. The molecular weight excluding hydrogens is 446 g/mol. The van der Waals surface area contributed by atoms with E-state index in [1.165, 1.54) is 18.2 Å². The number of carbonyl (C=O) groups is 1.